The molecule has 0 spiro atoms. The van der Waals surface area contributed by atoms with Gasteiger partial charge in [0, 0.05) is 12.5 Å². The summed E-state index contributed by atoms with van der Waals surface area (Å²) >= 11 is 0. The standard InChI is InChI=1S/C16H24N4/c1-3-5-14-7-9-15(10-8-14)13(2)17-11-4-6-16-18-12-19-20-16/h7-10,12-13,17H,3-6,11H2,1-2H3,(H,18,19,20). The van der Waals surface area contributed by atoms with Gasteiger partial charge in [0.2, 0.25) is 0 Å². The van der Waals surface area contributed by atoms with Gasteiger partial charge >= 0.3 is 0 Å². The Morgan fingerprint density at radius 2 is 2.00 bits per heavy atom. The number of hydrogen-bond acceptors (Lipinski definition) is 3. The maximum atomic E-state index is 4.12. The Bertz CT molecular complexity index is 476. The van der Waals surface area contributed by atoms with Gasteiger partial charge in [-0.1, -0.05) is 37.6 Å². The molecule has 4 heteroatoms. The highest BCUT2D eigenvalue weighted by Gasteiger charge is 2.04. The molecule has 4 nitrogen and oxygen atoms in total. The summed E-state index contributed by atoms with van der Waals surface area (Å²) in [6, 6.07) is 9.34. The zero-order valence-corrected chi connectivity index (χ0v) is 12.4. The lowest BCUT2D eigenvalue weighted by Gasteiger charge is -2.14. The molecule has 108 valence electrons. The molecule has 1 heterocycles. The lowest BCUT2D eigenvalue weighted by molar-refractivity contribution is 0.554. The van der Waals surface area contributed by atoms with Crippen molar-refractivity contribution in [3.8, 4) is 0 Å². The number of aromatic amines is 1. The molecular formula is C16H24N4. The van der Waals surface area contributed by atoms with Crippen molar-refractivity contribution in [3.63, 3.8) is 0 Å². The predicted molar refractivity (Wildman–Crippen MR) is 81.6 cm³/mol. The second-order valence-electron chi connectivity index (χ2n) is 5.20. The Kier molecular flexibility index (Phi) is 5.74. The van der Waals surface area contributed by atoms with Crippen LogP contribution in [0.2, 0.25) is 0 Å². The number of aryl methyl sites for hydroxylation is 2. The molecule has 2 aromatic rings. The van der Waals surface area contributed by atoms with Crippen LogP contribution in [-0.4, -0.2) is 21.7 Å². The number of nitrogens with zero attached hydrogens (tertiary/aromatic N) is 2. The molecule has 0 fully saturated rings. The molecule has 1 atom stereocenters. The predicted octanol–water partition coefficient (Wildman–Crippen LogP) is 3.04. The highest BCUT2D eigenvalue weighted by atomic mass is 15.2. The molecule has 1 aromatic heterocycles. The first-order valence-corrected chi connectivity index (χ1v) is 7.46. The minimum atomic E-state index is 0.389. The van der Waals surface area contributed by atoms with Gasteiger partial charge in [-0.2, -0.15) is 5.10 Å². The van der Waals surface area contributed by atoms with Gasteiger partial charge in [-0.05, 0) is 37.4 Å². The van der Waals surface area contributed by atoms with E-state index >= 15 is 0 Å². The first-order chi connectivity index (χ1) is 9.79. The second kappa shape index (κ2) is 7.80. The molecule has 1 aromatic carbocycles. The van der Waals surface area contributed by atoms with Crippen LogP contribution in [0.4, 0.5) is 0 Å². The van der Waals surface area contributed by atoms with Gasteiger partial charge in [-0.25, -0.2) is 4.98 Å². The average Bonchev–Trinajstić information content (AvgIpc) is 2.98. The maximum Gasteiger partial charge on any atom is 0.137 e. The van der Waals surface area contributed by atoms with Crippen molar-refractivity contribution in [2.24, 2.45) is 0 Å². The molecule has 0 saturated carbocycles. The van der Waals surface area contributed by atoms with Crippen molar-refractivity contribution < 1.29 is 0 Å². The van der Waals surface area contributed by atoms with Crippen molar-refractivity contribution in [2.75, 3.05) is 6.54 Å². The molecule has 0 aliphatic rings. The fraction of sp³-hybridized carbons (Fsp3) is 0.500. The van der Waals surface area contributed by atoms with E-state index in [1.165, 1.54) is 24.0 Å². The quantitative estimate of drug-likeness (QED) is 0.726. The average molecular weight is 272 g/mol. The van der Waals surface area contributed by atoms with Crippen LogP contribution in [-0.2, 0) is 12.8 Å². The van der Waals surface area contributed by atoms with Crippen molar-refractivity contribution in [3.05, 3.63) is 47.5 Å². The van der Waals surface area contributed by atoms with Gasteiger partial charge < -0.3 is 5.32 Å². The summed E-state index contributed by atoms with van der Waals surface area (Å²) in [6.45, 7) is 5.41. The van der Waals surface area contributed by atoms with E-state index in [9.17, 15) is 0 Å². The Hall–Kier alpha value is -1.68. The van der Waals surface area contributed by atoms with Gasteiger partial charge in [-0.3, -0.25) is 5.10 Å². The highest BCUT2D eigenvalue weighted by molar-refractivity contribution is 5.24. The molecule has 0 amide bonds. The molecule has 0 aliphatic heterocycles. The maximum absolute atomic E-state index is 4.12. The van der Waals surface area contributed by atoms with Crippen LogP contribution in [0.3, 0.4) is 0 Å². The molecule has 0 bridgehead atoms. The third-order valence-electron chi connectivity index (χ3n) is 3.52. The monoisotopic (exact) mass is 272 g/mol. The summed E-state index contributed by atoms with van der Waals surface area (Å²) < 4.78 is 0. The molecule has 0 aliphatic carbocycles. The van der Waals surface area contributed by atoms with E-state index in [1.807, 2.05) is 0 Å². The van der Waals surface area contributed by atoms with Crippen molar-refractivity contribution in [2.45, 2.75) is 45.6 Å². The number of H-pyrrole nitrogens is 1. The minimum Gasteiger partial charge on any atom is -0.310 e. The number of rotatable bonds is 8. The molecule has 0 radical (unpaired) electrons. The van der Waals surface area contributed by atoms with Crippen LogP contribution in [0.15, 0.2) is 30.6 Å². The van der Waals surface area contributed by atoms with Gasteiger partial charge in [0.05, 0.1) is 0 Å². The Labute approximate surface area is 121 Å². The summed E-state index contributed by atoms with van der Waals surface area (Å²) in [4.78, 5) is 4.12. The lowest BCUT2D eigenvalue weighted by atomic mass is 10.0. The van der Waals surface area contributed by atoms with E-state index in [1.54, 1.807) is 6.33 Å². The number of benzene rings is 1. The Balaban J connectivity index is 1.72. The van der Waals surface area contributed by atoms with Crippen molar-refractivity contribution in [1.82, 2.24) is 20.5 Å². The summed E-state index contributed by atoms with van der Waals surface area (Å²) in [5, 5.41) is 10.3. The molecule has 1 unspecified atom stereocenters. The summed E-state index contributed by atoms with van der Waals surface area (Å²) in [7, 11) is 0. The zero-order chi connectivity index (χ0) is 14.2. The SMILES string of the molecule is CCCc1ccc(C(C)NCCCc2ncn[nH]2)cc1. The smallest absolute Gasteiger partial charge is 0.137 e. The summed E-state index contributed by atoms with van der Waals surface area (Å²) in [6.07, 6.45) is 5.93. The minimum absolute atomic E-state index is 0.389. The van der Waals surface area contributed by atoms with Crippen LogP contribution in [0.5, 0.6) is 0 Å². The van der Waals surface area contributed by atoms with Crippen LogP contribution >= 0.6 is 0 Å². The third-order valence-corrected chi connectivity index (χ3v) is 3.52. The zero-order valence-electron chi connectivity index (χ0n) is 12.4. The van der Waals surface area contributed by atoms with Gasteiger partial charge in [-0.15, -0.1) is 0 Å². The number of hydrogen-bond donors (Lipinski definition) is 2. The second-order valence-corrected chi connectivity index (χ2v) is 5.20. The van der Waals surface area contributed by atoms with E-state index < -0.39 is 0 Å². The van der Waals surface area contributed by atoms with Crippen LogP contribution in [0.1, 0.15) is 49.7 Å². The summed E-state index contributed by atoms with van der Waals surface area (Å²) in [5.74, 6) is 0.961. The largest absolute Gasteiger partial charge is 0.310 e. The van der Waals surface area contributed by atoms with E-state index in [0.29, 0.717) is 6.04 Å². The van der Waals surface area contributed by atoms with E-state index in [2.05, 4.69) is 58.6 Å². The van der Waals surface area contributed by atoms with Gasteiger partial charge in [0.25, 0.3) is 0 Å². The Morgan fingerprint density at radius 1 is 1.20 bits per heavy atom. The normalized spacial score (nSPS) is 12.5. The van der Waals surface area contributed by atoms with E-state index in [-0.39, 0.29) is 0 Å². The molecule has 0 saturated heterocycles. The number of aromatic nitrogens is 3. The van der Waals surface area contributed by atoms with E-state index in [4.69, 9.17) is 0 Å². The van der Waals surface area contributed by atoms with E-state index in [0.717, 1.165) is 25.2 Å². The highest BCUT2D eigenvalue weighted by Crippen LogP contribution is 2.14. The van der Waals surface area contributed by atoms with Crippen LogP contribution in [0, 0.1) is 0 Å². The first-order valence-electron chi connectivity index (χ1n) is 7.46. The molecule has 2 rings (SSSR count). The fourth-order valence-corrected chi connectivity index (χ4v) is 2.31. The summed E-state index contributed by atoms with van der Waals surface area (Å²) in [5.41, 5.74) is 2.78. The van der Waals surface area contributed by atoms with Crippen LogP contribution < -0.4 is 5.32 Å². The fourth-order valence-electron chi connectivity index (χ4n) is 2.31. The van der Waals surface area contributed by atoms with Crippen LogP contribution in [0.25, 0.3) is 0 Å². The Morgan fingerprint density at radius 3 is 2.65 bits per heavy atom. The molecular weight excluding hydrogens is 248 g/mol. The topological polar surface area (TPSA) is 53.6 Å². The molecule has 2 N–H and O–H groups in total. The van der Waals surface area contributed by atoms with Crippen molar-refractivity contribution >= 4 is 0 Å². The lowest BCUT2D eigenvalue weighted by Crippen LogP contribution is -2.20. The van der Waals surface area contributed by atoms with Crippen molar-refractivity contribution in [1.29, 1.82) is 0 Å². The van der Waals surface area contributed by atoms with Gasteiger partial charge in [0.1, 0.15) is 12.2 Å². The third kappa shape index (κ3) is 4.46. The first kappa shape index (κ1) is 14.7. The molecule has 20 heavy (non-hydrogen) atoms. The van der Waals surface area contributed by atoms with Gasteiger partial charge in [0.15, 0.2) is 0 Å². The number of nitrogens with one attached hydrogen (secondary N) is 2.